The Balaban J connectivity index is 0.589. The van der Waals surface area contributed by atoms with Crippen LogP contribution in [0.2, 0.25) is 0 Å². The Morgan fingerprint density at radius 3 is 2.30 bits per heavy atom. The van der Waals surface area contributed by atoms with Gasteiger partial charge < -0.3 is 59.8 Å². The summed E-state index contributed by atoms with van der Waals surface area (Å²) in [6, 6.07) is 22.0. The van der Waals surface area contributed by atoms with E-state index < -0.39 is 18.1 Å². The fraction of sp³-hybridized carbons (Fsp3) is 0.508. The molecule has 0 unspecified atom stereocenters. The number of benzene rings is 2. The molecule has 0 radical (unpaired) electrons. The maximum atomic E-state index is 14.4. The lowest BCUT2D eigenvalue weighted by atomic mass is 9.91. The second-order valence-electron chi connectivity index (χ2n) is 22.6. The summed E-state index contributed by atoms with van der Waals surface area (Å²) in [5.74, 6) is 1.66. The fourth-order valence-corrected chi connectivity index (χ4v) is 12.9. The number of aliphatic hydroxyl groups is 1. The maximum Gasteiger partial charge on any atom is 0.243 e. The largest absolute Gasteiger partial charge is 0.507 e. The van der Waals surface area contributed by atoms with Crippen molar-refractivity contribution in [3.63, 3.8) is 0 Å². The zero-order valence-corrected chi connectivity index (χ0v) is 46.5. The molecule has 1 aliphatic carbocycles. The van der Waals surface area contributed by atoms with E-state index in [0.717, 1.165) is 136 Å². The number of nitrogens with zero attached hydrogens (tertiary/aromatic N) is 10. The molecule has 5 fully saturated rings. The average molecular weight is 1100 g/mol. The second kappa shape index (κ2) is 23.8. The van der Waals surface area contributed by atoms with Gasteiger partial charge in [-0.15, -0.1) is 21.5 Å². The van der Waals surface area contributed by atoms with Gasteiger partial charge in [0.1, 0.15) is 23.8 Å². The first-order chi connectivity index (χ1) is 38.3. The summed E-state index contributed by atoms with van der Waals surface area (Å²) >= 11 is 1.60. The fourth-order valence-electron chi connectivity index (χ4n) is 12.1. The Morgan fingerprint density at radius 1 is 0.835 bits per heavy atom. The number of rotatable bonds is 17. The summed E-state index contributed by atoms with van der Waals surface area (Å²) in [5.41, 5.74) is 14.2. The van der Waals surface area contributed by atoms with Crippen LogP contribution in [0.25, 0.3) is 21.7 Å². The number of aromatic hydroxyl groups is 1. The smallest absolute Gasteiger partial charge is 0.243 e. The van der Waals surface area contributed by atoms with Gasteiger partial charge in [0, 0.05) is 114 Å². The number of nitrogens with one attached hydrogen (secondary N) is 1. The molecule has 4 aliphatic heterocycles. The first-order valence-corrected chi connectivity index (χ1v) is 29.1. The molecule has 4 saturated heterocycles. The lowest BCUT2D eigenvalue weighted by Crippen LogP contribution is -2.48. The van der Waals surface area contributed by atoms with Crippen LogP contribution in [0.5, 0.6) is 11.6 Å². The molecule has 0 bridgehead atoms. The van der Waals surface area contributed by atoms with E-state index in [9.17, 15) is 19.8 Å². The highest BCUT2D eigenvalue weighted by molar-refractivity contribution is 7.13. The number of pyridine rings is 1. The van der Waals surface area contributed by atoms with Crippen molar-refractivity contribution in [2.75, 3.05) is 85.9 Å². The molecule has 8 heterocycles. The molecule has 19 nitrogen and oxygen atoms in total. The minimum atomic E-state index is -0.803. The molecular formula is C59H74N12O7S. The number of carbonyl (C=O) groups is 2. The van der Waals surface area contributed by atoms with Gasteiger partial charge in [-0.2, -0.15) is 0 Å². The third kappa shape index (κ3) is 12.3. The van der Waals surface area contributed by atoms with Gasteiger partial charge in [-0.05, 0) is 86.8 Å². The Bertz CT molecular complexity index is 3040. The predicted molar refractivity (Wildman–Crippen MR) is 304 cm³/mol. The molecule has 5 aliphatic rings. The number of thiazole rings is 1. The SMILES string of the molecule is Cc1ncsc1-c1ccc([C@H](C)NC(=O)[C@@H]2C[C@@H](O)CN2C(=O)[C@@H](c2cc(N3CCC(CN4CCC(O[C@H]5C[C@H](Oc6cc(N7CCN(c8cc(-c9ccccc9O)nnc8N)CC7)ccn6)C5)CC4)CC3)no2)C(C)C)cc1. The summed E-state index contributed by atoms with van der Waals surface area (Å²) in [4.78, 5) is 49.2. The summed E-state index contributed by atoms with van der Waals surface area (Å²) in [6.45, 7) is 15.9. The Morgan fingerprint density at radius 2 is 1.58 bits per heavy atom. The second-order valence-corrected chi connectivity index (χ2v) is 23.4. The van der Waals surface area contributed by atoms with Gasteiger partial charge in [-0.25, -0.2) is 9.97 Å². The molecule has 5 N–H and O–H groups in total. The number of para-hydroxylation sites is 1. The molecule has 418 valence electrons. The number of hydrogen-bond acceptors (Lipinski definition) is 18. The van der Waals surface area contributed by atoms with Crippen LogP contribution in [0.15, 0.2) is 89.0 Å². The van der Waals surface area contributed by atoms with Crippen LogP contribution in [-0.4, -0.2) is 153 Å². The summed E-state index contributed by atoms with van der Waals surface area (Å²) in [7, 11) is 0. The molecule has 0 spiro atoms. The third-order valence-corrected chi connectivity index (χ3v) is 17.8. The van der Waals surface area contributed by atoms with Crippen LogP contribution in [0.3, 0.4) is 0 Å². The van der Waals surface area contributed by atoms with Gasteiger partial charge in [0.25, 0.3) is 0 Å². The number of anilines is 4. The van der Waals surface area contributed by atoms with Crippen LogP contribution >= 0.6 is 11.3 Å². The van der Waals surface area contributed by atoms with Gasteiger partial charge in [0.05, 0.1) is 51.8 Å². The molecule has 1 saturated carbocycles. The topological polar surface area (TPSA) is 225 Å². The van der Waals surface area contributed by atoms with E-state index >= 15 is 0 Å². The van der Waals surface area contributed by atoms with Crippen molar-refractivity contribution in [2.45, 2.75) is 115 Å². The van der Waals surface area contributed by atoms with E-state index in [4.69, 9.17) is 19.7 Å². The first-order valence-electron chi connectivity index (χ1n) is 28.2. The van der Waals surface area contributed by atoms with Gasteiger partial charge in [-0.1, -0.05) is 55.4 Å². The number of likely N-dealkylation sites (tertiary alicyclic amines) is 2. The first kappa shape index (κ1) is 54.1. The van der Waals surface area contributed by atoms with Crippen molar-refractivity contribution < 1.29 is 33.8 Å². The number of nitrogen functional groups attached to an aromatic ring is 1. The molecule has 20 heteroatoms. The van der Waals surface area contributed by atoms with Crippen molar-refractivity contribution in [1.29, 1.82) is 0 Å². The normalized spacial score (nSPS) is 22.3. The van der Waals surface area contributed by atoms with Crippen LogP contribution in [-0.2, 0) is 14.3 Å². The highest BCUT2D eigenvalue weighted by Gasteiger charge is 2.44. The van der Waals surface area contributed by atoms with E-state index in [-0.39, 0.29) is 60.8 Å². The zero-order chi connectivity index (χ0) is 54.7. The Hall–Kier alpha value is -6.87. The Labute approximate surface area is 466 Å². The van der Waals surface area contributed by atoms with E-state index in [1.807, 2.05) is 100 Å². The number of amides is 2. The molecular weight excluding hydrogens is 1020 g/mol. The van der Waals surface area contributed by atoms with Gasteiger partial charge in [-0.3, -0.25) is 9.59 Å². The number of nitrogens with two attached hydrogens (primary N) is 1. The lowest BCUT2D eigenvalue weighted by molar-refractivity contribution is -0.141. The van der Waals surface area contributed by atoms with Crippen molar-refractivity contribution in [2.24, 2.45) is 11.8 Å². The molecule has 4 aromatic heterocycles. The van der Waals surface area contributed by atoms with Crippen molar-refractivity contribution in [3.8, 4) is 33.3 Å². The van der Waals surface area contributed by atoms with Gasteiger partial charge >= 0.3 is 0 Å². The molecule has 4 atom stereocenters. The highest BCUT2D eigenvalue weighted by atomic mass is 32.1. The maximum absolute atomic E-state index is 14.4. The average Bonchev–Trinajstić information content (AvgIpc) is 4.31. The lowest BCUT2D eigenvalue weighted by Gasteiger charge is -2.41. The molecule has 79 heavy (non-hydrogen) atoms. The minimum Gasteiger partial charge on any atom is -0.507 e. The number of hydrogen-bond donors (Lipinski definition) is 4. The number of carbonyl (C=O) groups excluding carboxylic acids is 2. The molecule has 6 aromatic rings. The number of ether oxygens (including phenoxy) is 2. The van der Waals surface area contributed by atoms with Crippen LogP contribution in [0.1, 0.15) is 94.7 Å². The van der Waals surface area contributed by atoms with E-state index in [0.29, 0.717) is 34.6 Å². The van der Waals surface area contributed by atoms with E-state index in [2.05, 4.69) is 50.2 Å². The van der Waals surface area contributed by atoms with E-state index in [1.165, 1.54) is 4.90 Å². The summed E-state index contributed by atoms with van der Waals surface area (Å²) in [5, 5.41) is 37.2. The Kier molecular flexibility index (Phi) is 16.3. The predicted octanol–water partition coefficient (Wildman–Crippen LogP) is 7.46. The van der Waals surface area contributed by atoms with Crippen molar-refractivity contribution in [3.05, 3.63) is 102 Å². The van der Waals surface area contributed by atoms with Crippen LogP contribution < -0.4 is 30.5 Å². The number of phenolic OH excluding ortho intramolecular Hbond substituents is 1. The third-order valence-electron chi connectivity index (χ3n) is 16.8. The molecule has 2 amide bonds. The number of phenols is 1. The van der Waals surface area contributed by atoms with Crippen molar-refractivity contribution >= 4 is 46.2 Å². The summed E-state index contributed by atoms with van der Waals surface area (Å²) in [6.07, 6.45) is 7.62. The standard InChI is InChI=1S/C59H74N12O7S/c1-36(2)55(59(75)71-34-43(72)28-50(71)58(74)63-37(3)40-9-11-41(12-10-40)56-38(4)62-35-79-56)52-32-53(66-78-52)70-21-14-39(15-22-70)33-67-19-16-44(17-20-67)76-45-29-46(30-45)77-54-27-42(13-18-61-54)68-23-25-69(26-24-68)49-31-48(64-65-57(49)60)47-7-5-6-8-51(47)73/h5-13,18,27,31-32,35-37,39,43-46,50,55,72-73H,14-17,19-26,28-30,33-34H2,1-4H3,(H2,60,65)(H,63,74)/t37-,43+,45-,46-,50-,55+/m0/s1. The van der Waals surface area contributed by atoms with Crippen LogP contribution in [0.4, 0.5) is 23.0 Å². The molecule has 2 aromatic carbocycles. The molecule has 11 rings (SSSR count). The minimum absolute atomic E-state index is 0.0840. The highest BCUT2D eigenvalue weighted by Crippen LogP contribution is 2.37. The van der Waals surface area contributed by atoms with Gasteiger partial charge in [0.15, 0.2) is 17.4 Å². The number of aryl methyl sites for hydroxylation is 1. The monoisotopic (exact) mass is 1090 g/mol. The van der Waals surface area contributed by atoms with Crippen LogP contribution in [0, 0.1) is 18.8 Å². The number of piperidine rings is 2. The summed E-state index contributed by atoms with van der Waals surface area (Å²) < 4.78 is 18.9. The quantitative estimate of drug-likeness (QED) is 0.0695. The number of aromatic nitrogens is 5. The van der Waals surface area contributed by atoms with Crippen molar-refractivity contribution in [1.82, 2.24) is 40.4 Å². The van der Waals surface area contributed by atoms with E-state index in [1.54, 1.807) is 23.5 Å². The zero-order valence-electron chi connectivity index (χ0n) is 45.7. The number of piperazine rings is 1. The van der Waals surface area contributed by atoms with Gasteiger partial charge in [0.2, 0.25) is 17.7 Å². The number of aliphatic hydroxyl groups excluding tert-OH is 1. The number of β-amino-alcohol motifs (C(OH)–C–C–N with tert-alkyl or cyclic N) is 1.